The lowest BCUT2D eigenvalue weighted by molar-refractivity contribution is 0.151. The maximum absolute atomic E-state index is 6.27. The normalized spacial score (nSPS) is 18.2. The van der Waals surface area contributed by atoms with Crippen LogP contribution >= 0.6 is 27.5 Å². The number of nitrogens with one attached hydrogen (secondary N) is 1. The fourth-order valence-corrected chi connectivity index (χ4v) is 3.21. The molecule has 88 valence electrons. The molecule has 1 nitrogen and oxygen atoms in total. The molecule has 1 aliphatic rings. The third-order valence-corrected chi connectivity index (χ3v) is 4.21. The smallest absolute Gasteiger partial charge is 0.0449 e. The van der Waals surface area contributed by atoms with Crippen molar-refractivity contribution in [2.45, 2.75) is 26.2 Å². The summed E-state index contributed by atoms with van der Waals surface area (Å²) < 4.78 is 1.05. The molecule has 0 spiro atoms. The monoisotopic (exact) mass is 301 g/mol. The van der Waals surface area contributed by atoms with Crippen molar-refractivity contribution < 1.29 is 0 Å². The van der Waals surface area contributed by atoms with E-state index in [0.717, 1.165) is 29.0 Å². The molecule has 1 saturated heterocycles. The highest BCUT2D eigenvalue weighted by Crippen LogP contribution is 2.35. The van der Waals surface area contributed by atoms with Gasteiger partial charge in [0.15, 0.2) is 0 Å². The van der Waals surface area contributed by atoms with E-state index in [2.05, 4.69) is 40.3 Å². The average Bonchev–Trinajstić information content (AvgIpc) is 2.18. The van der Waals surface area contributed by atoms with Crippen LogP contribution < -0.4 is 5.32 Å². The summed E-state index contributed by atoms with van der Waals surface area (Å²) >= 11 is 9.71. The van der Waals surface area contributed by atoms with E-state index in [-0.39, 0.29) is 0 Å². The zero-order valence-electron chi connectivity index (χ0n) is 9.52. The molecule has 0 saturated carbocycles. The predicted molar refractivity (Wildman–Crippen MR) is 73.1 cm³/mol. The second-order valence-corrected chi connectivity index (χ2v) is 6.09. The topological polar surface area (TPSA) is 12.0 Å². The number of halogens is 2. The lowest BCUT2D eigenvalue weighted by atomic mass is 9.73. The highest BCUT2D eigenvalue weighted by atomic mass is 79.9. The first kappa shape index (κ1) is 12.4. The molecule has 0 atom stereocenters. The van der Waals surface area contributed by atoms with Crippen molar-refractivity contribution in [2.24, 2.45) is 5.41 Å². The first-order valence-corrected chi connectivity index (χ1v) is 6.97. The first-order valence-electron chi connectivity index (χ1n) is 5.80. The Bertz CT molecular complexity index is 374. The summed E-state index contributed by atoms with van der Waals surface area (Å²) in [6.45, 7) is 4.52. The van der Waals surface area contributed by atoms with E-state index < -0.39 is 0 Å². The Morgan fingerprint density at radius 2 is 2.19 bits per heavy atom. The van der Waals surface area contributed by atoms with Crippen molar-refractivity contribution in [2.75, 3.05) is 13.1 Å². The van der Waals surface area contributed by atoms with E-state index in [1.807, 2.05) is 6.07 Å². The largest absolute Gasteiger partial charge is 0.316 e. The molecule has 0 amide bonds. The van der Waals surface area contributed by atoms with Gasteiger partial charge in [-0.2, -0.15) is 0 Å². The summed E-state index contributed by atoms with van der Waals surface area (Å²) in [6.07, 6.45) is 3.63. The molecule has 1 aromatic carbocycles. The number of hydrogen-bond acceptors (Lipinski definition) is 1. The number of rotatable bonds is 4. The second-order valence-electron chi connectivity index (χ2n) is 4.77. The summed E-state index contributed by atoms with van der Waals surface area (Å²) in [5, 5.41) is 4.27. The van der Waals surface area contributed by atoms with Gasteiger partial charge in [0.05, 0.1) is 0 Å². The molecule has 0 unspecified atom stereocenters. The lowest BCUT2D eigenvalue weighted by Crippen LogP contribution is -2.54. The van der Waals surface area contributed by atoms with Crippen LogP contribution in [0, 0.1) is 5.41 Å². The molecule has 2 rings (SSSR count). The van der Waals surface area contributed by atoms with Crippen molar-refractivity contribution in [3.63, 3.8) is 0 Å². The molecule has 0 aliphatic carbocycles. The molecule has 1 aliphatic heterocycles. The highest BCUT2D eigenvalue weighted by molar-refractivity contribution is 9.10. The van der Waals surface area contributed by atoms with Gasteiger partial charge in [-0.25, -0.2) is 0 Å². The van der Waals surface area contributed by atoms with Crippen molar-refractivity contribution >= 4 is 27.5 Å². The van der Waals surface area contributed by atoms with Crippen molar-refractivity contribution in [1.29, 1.82) is 0 Å². The van der Waals surface area contributed by atoms with Gasteiger partial charge in [-0.05, 0) is 36.0 Å². The molecule has 0 radical (unpaired) electrons. The van der Waals surface area contributed by atoms with Gasteiger partial charge < -0.3 is 5.32 Å². The van der Waals surface area contributed by atoms with E-state index in [9.17, 15) is 0 Å². The first-order chi connectivity index (χ1) is 7.65. The standard InChI is InChI=1S/C13H17BrClN/c1-2-5-13(8-16-9-13)7-10-3-4-11(14)6-12(10)15/h3-4,6,16H,2,5,7-9H2,1H3. The fraction of sp³-hybridized carbons (Fsp3) is 0.538. The molecule has 1 N–H and O–H groups in total. The maximum Gasteiger partial charge on any atom is 0.0449 e. The maximum atomic E-state index is 6.27. The lowest BCUT2D eigenvalue weighted by Gasteiger charge is -2.43. The average molecular weight is 303 g/mol. The Kier molecular flexibility index (Phi) is 3.93. The molecule has 1 aromatic rings. The van der Waals surface area contributed by atoms with Gasteiger partial charge in [-0.1, -0.05) is 46.9 Å². The number of benzene rings is 1. The Hall–Kier alpha value is -0.0500. The molecule has 0 aromatic heterocycles. The number of hydrogen-bond donors (Lipinski definition) is 1. The SMILES string of the molecule is CCCC1(Cc2ccc(Br)cc2Cl)CNC1. The van der Waals surface area contributed by atoms with Gasteiger partial charge in [-0.3, -0.25) is 0 Å². The van der Waals surface area contributed by atoms with Crippen molar-refractivity contribution in [3.8, 4) is 0 Å². The second kappa shape index (κ2) is 5.07. The molecule has 3 heteroatoms. The zero-order valence-corrected chi connectivity index (χ0v) is 11.9. The van der Waals surface area contributed by atoms with E-state index in [4.69, 9.17) is 11.6 Å². The minimum Gasteiger partial charge on any atom is -0.316 e. The Labute approximate surface area is 111 Å². The Morgan fingerprint density at radius 3 is 2.69 bits per heavy atom. The van der Waals surface area contributed by atoms with Gasteiger partial charge in [-0.15, -0.1) is 0 Å². The van der Waals surface area contributed by atoms with Crippen LogP contribution in [0.1, 0.15) is 25.3 Å². The van der Waals surface area contributed by atoms with Gasteiger partial charge in [0, 0.05) is 22.6 Å². The van der Waals surface area contributed by atoms with Gasteiger partial charge in [0.2, 0.25) is 0 Å². The van der Waals surface area contributed by atoms with Crippen LogP contribution in [-0.2, 0) is 6.42 Å². The van der Waals surface area contributed by atoms with Crippen LogP contribution in [0.15, 0.2) is 22.7 Å². The summed E-state index contributed by atoms with van der Waals surface area (Å²) in [5.41, 5.74) is 1.73. The summed E-state index contributed by atoms with van der Waals surface area (Å²) in [4.78, 5) is 0. The van der Waals surface area contributed by atoms with Crippen LogP contribution in [0.25, 0.3) is 0 Å². The summed E-state index contributed by atoms with van der Waals surface area (Å²) in [5.74, 6) is 0. The quantitative estimate of drug-likeness (QED) is 0.885. The van der Waals surface area contributed by atoms with Gasteiger partial charge >= 0.3 is 0 Å². The molecule has 1 heterocycles. The van der Waals surface area contributed by atoms with E-state index >= 15 is 0 Å². The highest BCUT2D eigenvalue weighted by Gasteiger charge is 2.36. The zero-order chi connectivity index (χ0) is 11.6. The van der Waals surface area contributed by atoms with E-state index in [1.54, 1.807) is 0 Å². The van der Waals surface area contributed by atoms with Crippen molar-refractivity contribution in [3.05, 3.63) is 33.3 Å². The van der Waals surface area contributed by atoms with Crippen molar-refractivity contribution in [1.82, 2.24) is 5.32 Å². The Morgan fingerprint density at radius 1 is 1.44 bits per heavy atom. The minimum absolute atomic E-state index is 0.451. The van der Waals surface area contributed by atoms with Crippen LogP contribution in [-0.4, -0.2) is 13.1 Å². The van der Waals surface area contributed by atoms with Crippen LogP contribution in [0.2, 0.25) is 5.02 Å². The van der Waals surface area contributed by atoms with Crippen LogP contribution in [0.3, 0.4) is 0 Å². The van der Waals surface area contributed by atoms with Crippen LogP contribution in [0.4, 0.5) is 0 Å². The van der Waals surface area contributed by atoms with E-state index in [1.165, 1.54) is 18.4 Å². The third kappa shape index (κ3) is 2.61. The Balaban J connectivity index is 2.13. The van der Waals surface area contributed by atoms with Gasteiger partial charge in [0.25, 0.3) is 0 Å². The molecule has 0 bridgehead atoms. The summed E-state index contributed by atoms with van der Waals surface area (Å²) in [6, 6.07) is 6.21. The summed E-state index contributed by atoms with van der Waals surface area (Å²) in [7, 11) is 0. The molecule has 16 heavy (non-hydrogen) atoms. The van der Waals surface area contributed by atoms with Gasteiger partial charge in [0.1, 0.15) is 0 Å². The minimum atomic E-state index is 0.451. The molecular weight excluding hydrogens is 286 g/mol. The third-order valence-electron chi connectivity index (χ3n) is 3.36. The van der Waals surface area contributed by atoms with E-state index in [0.29, 0.717) is 5.41 Å². The molecule has 1 fully saturated rings. The molecular formula is C13H17BrClN. The fourth-order valence-electron chi connectivity index (χ4n) is 2.47. The predicted octanol–water partition coefficient (Wildman–Crippen LogP) is 4.03. The van der Waals surface area contributed by atoms with Crippen LogP contribution in [0.5, 0.6) is 0 Å².